The first-order valence-corrected chi connectivity index (χ1v) is 11.1. The number of hydrogen-bond donors (Lipinski definition) is 0. The van der Waals surface area contributed by atoms with E-state index in [9.17, 15) is 4.79 Å². The number of thiazole rings is 1. The number of nitrogens with zero attached hydrogens (tertiary/aromatic N) is 4. The largest absolute Gasteiger partial charge is 0.337 e. The van der Waals surface area contributed by atoms with Crippen molar-refractivity contribution < 1.29 is 4.79 Å². The Balaban J connectivity index is 0.00000256. The maximum absolute atomic E-state index is 13.3. The van der Waals surface area contributed by atoms with Crippen LogP contribution in [-0.2, 0) is 6.54 Å². The predicted molar refractivity (Wildman–Crippen MR) is 129 cm³/mol. The van der Waals surface area contributed by atoms with Gasteiger partial charge in [-0.05, 0) is 55.3 Å². The third kappa shape index (κ3) is 5.03. The van der Waals surface area contributed by atoms with Gasteiger partial charge in [-0.15, -0.1) is 12.4 Å². The third-order valence-electron chi connectivity index (χ3n) is 4.56. The van der Waals surface area contributed by atoms with Crippen LogP contribution in [0, 0.1) is 6.92 Å². The average Bonchev–Trinajstić information content (AvgIpc) is 3.35. The van der Waals surface area contributed by atoms with Gasteiger partial charge in [-0.3, -0.25) is 9.69 Å². The fraction of sp³-hybridized carbons (Fsp3) is 0.190. The zero-order valence-electron chi connectivity index (χ0n) is 16.1. The topological polar surface area (TPSA) is 51.0 Å². The van der Waals surface area contributed by atoms with Crippen molar-refractivity contribution >= 4 is 72.5 Å². The van der Waals surface area contributed by atoms with Crippen molar-refractivity contribution in [3.05, 3.63) is 75.7 Å². The first kappa shape index (κ1) is 22.7. The number of benzene rings is 2. The van der Waals surface area contributed by atoms with E-state index in [-0.39, 0.29) is 18.3 Å². The Morgan fingerprint density at radius 2 is 2.03 bits per heavy atom. The molecule has 0 aliphatic heterocycles. The highest BCUT2D eigenvalue weighted by molar-refractivity contribution is 9.10. The summed E-state index contributed by atoms with van der Waals surface area (Å²) in [4.78, 5) is 23.9. The molecule has 9 heteroatoms. The number of aryl methyl sites for hydroxylation is 2. The second kappa shape index (κ2) is 9.92. The van der Waals surface area contributed by atoms with Crippen molar-refractivity contribution in [2.45, 2.75) is 19.9 Å². The lowest BCUT2D eigenvalue weighted by molar-refractivity contribution is 0.0986. The molecule has 0 bridgehead atoms. The molecule has 5 nitrogen and oxygen atoms in total. The number of amides is 1. The van der Waals surface area contributed by atoms with Crippen LogP contribution in [0.2, 0.25) is 5.02 Å². The molecule has 30 heavy (non-hydrogen) atoms. The molecule has 0 aliphatic carbocycles. The van der Waals surface area contributed by atoms with Crippen molar-refractivity contribution in [2.75, 3.05) is 11.4 Å². The average molecular weight is 526 g/mol. The normalized spacial score (nSPS) is 10.8. The highest BCUT2D eigenvalue weighted by Gasteiger charge is 2.21. The summed E-state index contributed by atoms with van der Waals surface area (Å²) >= 11 is 11.1. The Morgan fingerprint density at radius 1 is 1.27 bits per heavy atom. The van der Waals surface area contributed by atoms with Crippen LogP contribution in [0.25, 0.3) is 10.2 Å². The van der Waals surface area contributed by atoms with Crippen LogP contribution in [0.1, 0.15) is 22.3 Å². The SMILES string of the molecule is Cc1cc(Cl)cc2sc(N(CCCn3ccnc3)C(=O)c3ccc(Br)cc3)nc12.Cl. The summed E-state index contributed by atoms with van der Waals surface area (Å²) in [5.74, 6) is -0.0639. The predicted octanol–water partition coefficient (Wildman–Crippen LogP) is 6.38. The number of hydrogen-bond acceptors (Lipinski definition) is 4. The van der Waals surface area contributed by atoms with Crippen molar-refractivity contribution in [1.82, 2.24) is 14.5 Å². The lowest BCUT2D eigenvalue weighted by Crippen LogP contribution is -2.32. The van der Waals surface area contributed by atoms with E-state index in [4.69, 9.17) is 16.6 Å². The molecule has 0 saturated heterocycles. The molecule has 4 rings (SSSR count). The molecule has 0 atom stereocenters. The number of rotatable bonds is 6. The molecule has 0 fully saturated rings. The van der Waals surface area contributed by atoms with E-state index in [1.165, 1.54) is 11.3 Å². The van der Waals surface area contributed by atoms with Gasteiger partial charge in [0.15, 0.2) is 5.13 Å². The van der Waals surface area contributed by atoms with Crippen LogP contribution in [0.4, 0.5) is 5.13 Å². The van der Waals surface area contributed by atoms with Gasteiger partial charge in [0, 0.05) is 40.5 Å². The number of carbonyl (C=O) groups is 1. The van der Waals surface area contributed by atoms with Crippen molar-refractivity contribution in [1.29, 1.82) is 0 Å². The third-order valence-corrected chi connectivity index (χ3v) is 6.34. The van der Waals surface area contributed by atoms with E-state index in [1.54, 1.807) is 17.4 Å². The highest BCUT2D eigenvalue weighted by Crippen LogP contribution is 2.33. The minimum Gasteiger partial charge on any atom is -0.337 e. The van der Waals surface area contributed by atoms with Crippen LogP contribution in [0.3, 0.4) is 0 Å². The van der Waals surface area contributed by atoms with Crippen molar-refractivity contribution in [3.63, 3.8) is 0 Å². The Hall–Kier alpha value is -1.93. The highest BCUT2D eigenvalue weighted by atomic mass is 79.9. The van der Waals surface area contributed by atoms with Crippen LogP contribution >= 0.6 is 51.3 Å². The molecule has 0 radical (unpaired) electrons. The summed E-state index contributed by atoms with van der Waals surface area (Å²) in [6, 6.07) is 11.2. The van der Waals surface area contributed by atoms with Crippen molar-refractivity contribution in [2.24, 2.45) is 0 Å². The first-order chi connectivity index (χ1) is 14.0. The Kier molecular flexibility index (Phi) is 7.52. The smallest absolute Gasteiger partial charge is 0.260 e. The summed E-state index contributed by atoms with van der Waals surface area (Å²) in [7, 11) is 0. The maximum atomic E-state index is 13.3. The zero-order valence-corrected chi connectivity index (χ0v) is 20.1. The molecule has 0 spiro atoms. The number of aromatic nitrogens is 3. The number of fused-ring (bicyclic) bond motifs is 1. The minimum atomic E-state index is -0.0639. The van der Waals surface area contributed by atoms with Gasteiger partial charge >= 0.3 is 0 Å². The summed E-state index contributed by atoms with van der Waals surface area (Å²) in [5, 5.41) is 1.36. The summed E-state index contributed by atoms with van der Waals surface area (Å²) in [6.07, 6.45) is 6.24. The molecule has 0 saturated carbocycles. The molecule has 4 aromatic rings. The molecule has 1 amide bonds. The van der Waals surface area contributed by atoms with Gasteiger partial charge in [-0.2, -0.15) is 0 Å². The number of anilines is 1. The lowest BCUT2D eigenvalue weighted by Gasteiger charge is -2.20. The van der Waals surface area contributed by atoms with Crippen LogP contribution in [-0.4, -0.2) is 27.0 Å². The minimum absolute atomic E-state index is 0. The van der Waals surface area contributed by atoms with Crippen LogP contribution < -0.4 is 4.90 Å². The standard InChI is InChI=1S/C21H18BrClN4OS.ClH/c1-14-11-17(23)12-18-19(14)25-21(29-18)27(9-2-8-26-10-7-24-13-26)20(28)15-3-5-16(22)6-4-15;/h3-7,10-13H,2,8-9H2,1H3;1H. The van der Waals surface area contributed by atoms with E-state index in [0.29, 0.717) is 22.3 Å². The number of halogens is 3. The van der Waals surface area contributed by atoms with Gasteiger partial charge in [0.1, 0.15) is 0 Å². The van der Waals surface area contributed by atoms with E-state index in [0.717, 1.165) is 33.2 Å². The van der Waals surface area contributed by atoms with Gasteiger partial charge in [-0.25, -0.2) is 9.97 Å². The van der Waals surface area contributed by atoms with E-state index in [1.807, 2.05) is 54.1 Å². The Labute approximate surface area is 198 Å². The molecule has 2 aromatic carbocycles. The quantitative estimate of drug-likeness (QED) is 0.293. The van der Waals surface area contributed by atoms with Gasteiger partial charge < -0.3 is 4.57 Å². The van der Waals surface area contributed by atoms with E-state index >= 15 is 0 Å². The number of imidazole rings is 1. The molecule has 2 heterocycles. The maximum Gasteiger partial charge on any atom is 0.260 e. The summed E-state index contributed by atoms with van der Waals surface area (Å²) in [6.45, 7) is 3.32. The Bertz CT molecular complexity index is 1150. The van der Waals surface area contributed by atoms with Crippen LogP contribution in [0.15, 0.2) is 59.6 Å². The Morgan fingerprint density at radius 3 is 2.73 bits per heavy atom. The molecular formula is C21H19BrCl2N4OS. The fourth-order valence-electron chi connectivity index (χ4n) is 3.12. The monoisotopic (exact) mass is 524 g/mol. The molecule has 0 N–H and O–H groups in total. The van der Waals surface area contributed by atoms with Gasteiger partial charge in [0.25, 0.3) is 5.91 Å². The molecule has 2 aromatic heterocycles. The number of carbonyl (C=O) groups excluding carboxylic acids is 1. The summed E-state index contributed by atoms with van der Waals surface area (Å²) < 4.78 is 3.92. The molecule has 0 unspecified atom stereocenters. The van der Waals surface area contributed by atoms with Gasteiger partial charge in [-0.1, -0.05) is 38.9 Å². The first-order valence-electron chi connectivity index (χ1n) is 9.11. The second-order valence-corrected chi connectivity index (χ2v) is 9.04. The molecule has 156 valence electrons. The second-order valence-electron chi connectivity index (χ2n) is 6.68. The summed E-state index contributed by atoms with van der Waals surface area (Å²) in [5.41, 5.74) is 2.52. The van der Waals surface area contributed by atoms with Crippen molar-refractivity contribution in [3.8, 4) is 0 Å². The molecular weight excluding hydrogens is 507 g/mol. The molecule has 0 aliphatic rings. The van der Waals surface area contributed by atoms with Gasteiger partial charge in [0.05, 0.1) is 16.5 Å². The van der Waals surface area contributed by atoms with E-state index in [2.05, 4.69) is 20.9 Å². The fourth-order valence-corrected chi connectivity index (χ4v) is 4.83. The van der Waals surface area contributed by atoms with E-state index < -0.39 is 0 Å². The van der Waals surface area contributed by atoms with Gasteiger partial charge in [0.2, 0.25) is 0 Å². The zero-order chi connectivity index (χ0) is 20.4. The lowest BCUT2D eigenvalue weighted by atomic mass is 10.2. The van der Waals surface area contributed by atoms with Crippen LogP contribution in [0.5, 0.6) is 0 Å².